The summed E-state index contributed by atoms with van der Waals surface area (Å²) in [4.78, 5) is 14.5. The summed E-state index contributed by atoms with van der Waals surface area (Å²) in [6.45, 7) is 0.905. The SMILES string of the molecule is CN(C)CCS[C@@H](C(=O)O)N(C)C. The van der Waals surface area contributed by atoms with E-state index in [1.807, 2.05) is 19.0 Å². The Balaban J connectivity index is 3.77. The van der Waals surface area contributed by atoms with E-state index in [9.17, 15) is 4.79 Å². The molecule has 0 spiro atoms. The minimum absolute atomic E-state index is 0.431. The molecule has 5 heteroatoms. The number of thioether (sulfide) groups is 1. The molecule has 0 aliphatic carbocycles. The fourth-order valence-electron chi connectivity index (χ4n) is 0.788. The smallest absolute Gasteiger partial charge is 0.331 e. The zero-order valence-corrected chi connectivity index (χ0v) is 9.47. The molecule has 0 aromatic heterocycles. The summed E-state index contributed by atoms with van der Waals surface area (Å²) in [5.41, 5.74) is 0. The average Bonchev–Trinajstić information content (AvgIpc) is 1.95. The standard InChI is InChI=1S/C8H18N2O2S/c1-9(2)5-6-13-7(8(11)12)10(3)4/h7H,5-6H2,1-4H3,(H,11,12)/t7-/m0/s1. The van der Waals surface area contributed by atoms with E-state index in [0.717, 1.165) is 12.3 Å². The number of carboxylic acids is 1. The van der Waals surface area contributed by atoms with Gasteiger partial charge in [0.25, 0.3) is 0 Å². The molecule has 0 fully saturated rings. The minimum Gasteiger partial charge on any atom is -0.479 e. The molecule has 0 saturated heterocycles. The predicted octanol–water partition coefficient (Wildman–Crippen LogP) is 0.253. The molecule has 4 nitrogen and oxygen atoms in total. The third-order valence-corrected chi connectivity index (χ3v) is 2.85. The Labute approximate surface area is 83.9 Å². The van der Waals surface area contributed by atoms with Crippen molar-refractivity contribution in [3.05, 3.63) is 0 Å². The van der Waals surface area contributed by atoms with Gasteiger partial charge in [0, 0.05) is 12.3 Å². The number of carbonyl (C=O) groups is 1. The Morgan fingerprint density at radius 1 is 1.38 bits per heavy atom. The van der Waals surface area contributed by atoms with Crippen LogP contribution in [0.2, 0.25) is 0 Å². The molecule has 0 amide bonds. The molecule has 0 aliphatic rings. The van der Waals surface area contributed by atoms with E-state index >= 15 is 0 Å². The van der Waals surface area contributed by atoms with Crippen molar-refractivity contribution in [2.45, 2.75) is 5.37 Å². The second-order valence-electron chi connectivity index (χ2n) is 3.33. The number of hydrogen-bond donors (Lipinski definition) is 1. The minimum atomic E-state index is -0.770. The maximum Gasteiger partial charge on any atom is 0.331 e. The number of likely N-dealkylation sites (N-methyl/N-ethyl adjacent to an activating group) is 1. The molecule has 0 aliphatic heterocycles. The van der Waals surface area contributed by atoms with Gasteiger partial charge in [0.15, 0.2) is 5.37 Å². The topological polar surface area (TPSA) is 43.8 Å². The fourth-order valence-corrected chi connectivity index (χ4v) is 1.92. The molecule has 78 valence electrons. The summed E-state index contributed by atoms with van der Waals surface area (Å²) in [7, 11) is 7.51. The van der Waals surface area contributed by atoms with Gasteiger partial charge in [-0.1, -0.05) is 0 Å². The van der Waals surface area contributed by atoms with Gasteiger partial charge in [-0.15, -0.1) is 11.8 Å². The summed E-state index contributed by atoms with van der Waals surface area (Å²) in [5.74, 6) is 0.0658. The van der Waals surface area contributed by atoms with Crippen LogP contribution in [0, 0.1) is 0 Å². The van der Waals surface area contributed by atoms with Gasteiger partial charge in [-0.05, 0) is 28.2 Å². The predicted molar refractivity (Wildman–Crippen MR) is 56.1 cm³/mol. The first-order valence-electron chi connectivity index (χ1n) is 4.10. The van der Waals surface area contributed by atoms with E-state index in [-0.39, 0.29) is 0 Å². The molecule has 0 aromatic carbocycles. The van der Waals surface area contributed by atoms with Gasteiger partial charge < -0.3 is 10.0 Å². The third-order valence-electron chi connectivity index (χ3n) is 1.49. The Bertz CT molecular complexity index is 162. The Kier molecular flexibility index (Phi) is 6.11. The lowest BCUT2D eigenvalue weighted by atomic mass is 10.6. The van der Waals surface area contributed by atoms with Crippen LogP contribution in [-0.2, 0) is 4.79 Å². The van der Waals surface area contributed by atoms with Crippen LogP contribution in [-0.4, -0.2) is 66.7 Å². The van der Waals surface area contributed by atoms with Crippen molar-refractivity contribution in [3.8, 4) is 0 Å². The van der Waals surface area contributed by atoms with Crippen molar-refractivity contribution < 1.29 is 9.90 Å². The van der Waals surface area contributed by atoms with Crippen molar-refractivity contribution in [2.75, 3.05) is 40.5 Å². The quantitative estimate of drug-likeness (QED) is 0.631. The van der Waals surface area contributed by atoms with Crippen molar-refractivity contribution >= 4 is 17.7 Å². The maximum atomic E-state index is 10.7. The summed E-state index contributed by atoms with van der Waals surface area (Å²) in [5, 5.41) is 8.40. The first kappa shape index (κ1) is 12.7. The van der Waals surface area contributed by atoms with Crippen molar-refractivity contribution in [1.82, 2.24) is 9.80 Å². The number of carboxylic acid groups (broad SMARTS) is 1. The summed E-state index contributed by atoms with van der Waals surface area (Å²) in [6, 6.07) is 0. The zero-order valence-electron chi connectivity index (χ0n) is 8.65. The average molecular weight is 206 g/mol. The second kappa shape index (κ2) is 6.23. The van der Waals surface area contributed by atoms with Crippen LogP contribution >= 0.6 is 11.8 Å². The van der Waals surface area contributed by atoms with E-state index in [2.05, 4.69) is 0 Å². The second-order valence-corrected chi connectivity index (χ2v) is 4.52. The van der Waals surface area contributed by atoms with Crippen molar-refractivity contribution in [2.24, 2.45) is 0 Å². The molecule has 13 heavy (non-hydrogen) atoms. The normalized spacial score (nSPS) is 13.7. The highest BCUT2D eigenvalue weighted by atomic mass is 32.2. The number of aliphatic carboxylic acids is 1. The molecule has 1 N–H and O–H groups in total. The van der Waals surface area contributed by atoms with E-state index < -0.39 is 11.3 Å². The van der Waals surface area contributed by atoms with Crippen LogP contribution in [0.4, 0.5) is 0 Å². The molecular weight excluding hydrogens is 188 g/mol. The Hall–Kier alpha value is -0.260. The molecule has 0 radical (unpaired) electrons. The van der Waals surface area contributed by atoms with Crippen LogP contribution < -0.4 is 0 Å². The first-order chi connectivity index (χ1) is 5.95. The molecule has 0 unspecified atom stereocenters. The molecule has 0 rings (SSSR count). The van der Waals surface area contributed by atoms with Crippen LogP contribution in [0.5, 0.6) is 0 Å². The van der Waals surface area contributed by atoms with E-state index in [4.69, 9.17) is 5.11 Å². The Morgan fingerprint density at radius 3 is 2.23 bits per heavy atom. The molecular formula is C8H18N2O2S. The lowest BCUT2D eigenvalue weighted by Gasteiger charge is -2.20. The highest BCUT2D eigenvalue weighted by molar-refractivity contribution is 8.00. The fraction of sp³-hybridized carbons (Fsp3) is 0.875. The van der Waals surface area contributed by atoms with Gasteiger partial charge in [0.2, 0.25) is 0 Å². The summed E-state index contributed by atoms with van der Waals surface area (Å²) < 4.78 is 0. The maximum absolute atomic E-state index is 10.7. The lowest BCUT2D eigenvalue weighted by Crippen LogP contribution is -2.33. The molecule has 0 bridgehead atoms. The first-order valence-corrected chi connectivity index (χ1v) is 5.15. The molecule has 0 aromatic rings. The van der Waals surface area contributed by atoms with Crippen molar-refractivity contribution in [1.29, 1.82) is 0 Å². The van der Waals surface area contributed by atoms with E-state index in [0.29, 0.717) is 0 Å². The number of nitrogens with zero attached hydrogens (tertiary/aromatic N) is 2. The summed E-state index contributed by atoms with van der Waals surface area (Å²) in [6.07, 6.45) is 0. The van der Waals surface area contributed by atoms with Gasteiger partial charge in [0.1, 0.15) is 0 Å². The van der Waals surface area contributed by atoms with Crippen LogP contribution in [0.1, 0.15) is 0 Å². The van der Waals surface area contributed by atoms with Crippen LogP contribution in [0.3, 0.4) is 0 Å². The van der Waals surface area contributed by atoms with Crippen LogP contribution in [0.15, 0.2) is 0 Å². The van der Waals surface area contributed by atoms with Gasteiger partial charge in [-0.3, -0.25) is 4.90 Å². The van der Waals surface area contributed by atoms with Gasteiger partial charge in [-0.2, -0.15) is 0 Å². The number of rotatable bonds is 6. The highest BCUT2D eigenvalue weighted by Crippen LogP contribution is 2.12. The van der Waals surface area contributed by atoms with E-state index in [1.165, 1.54) is 11.8 Å². The zero-order chi connectivity index (χ0) is 10.4. The lowest BCUT2D eigenvalue weighted by molar-refractivity contribution is -0.138. The number of hydrogen-bond acceptors (Lipinski definition) is 4. The van der Waals surface area contributed by atoms with E-state index in [1.54, 1.807) is 19.0 Å². The molecule has 0 saturated carbocycles. The Morgan fingerprint density at radius 2 is 1.92 bits per heavy atom. The monoisotopic (exact) mass is 206 g/mol. The van der Waals surface area contributed by atoms with Crippen LogP contribution in [0.25, 0.3) is 0 Å². The molecule has 0 heterocycles. The van der Waals surface area contributed by atoms with Gasteiger partial charge >= 0.3 is 5.97 Å². The van der Waals surface area contributed by atoms with Gasteiger partial charge in [0.05, 0.1) is 0 Å². The summed E-state index contributed by atoms with van der Waals surface area (Å²) >= 11 is 1.45. The molecule has 1 atom stereocenters. The third kappa shape index (κ3) is 5.90. The largest absolute Gasteiger partial charge is 0.479 e. The highest BCUT2D eigenvalue weighted by Gasteiger charge is 2.19. The van der Waals surface area contributed by atoms with Crippen molar-refractivity contribution in [3.63, 3.8) is 0 Å². The van der Waals surface area contributed by atoms with Gasteiger partial charge in [-0.25, -0.2) is 4.79 Å².